The number of piperidine rings is 1. The van der Waals surface area contributed by atoms with Crippen molar-refractivity contribution in [2.75, 3.05) is 13.1 Å². The van der Waals surface area contributed by atoms with Crippen molar-refractivity contribution >= 4 is 17.7 Å². The van der Waals surface area contributed by atoms with Gasteiger partial charge in [-0.15, -0.1) is 0 Å². The average Bonchev–Trinajstić information content (AvgIpc) is 2.99. The van der Waals surface area contributed by atoms with Crippen molar-refractivity contribution in [1.29, 1.82) is 0 Å². The predicted molar refractivity (Wildman–Crippen MR) is 97.6 cm³/mol. The number of alkyl halides is 3. The molecule has 1 saturated heterocycles. The molecule has 0 radical (unpaired) electrons. The fourth-order valence-electron chi connectivity index (χ4n) is 3.44. The fourth-order valence-corrected chi connectivity index (χ4v) is 3.44. The van der Waals surface area contributed by atoms with Crippen LogP contribution in [-0.2, 0) is 10.9 Å². The van der Waals surface area contributed by atoms with Gasteiger partial charge in [0.25, 0.3) is 5.56 Å². The summed E-state index contributed by atoms with van der Waals surface area (Å²) in [5, 5.41) is 12.7. The Morgan fingerprint density at radius 2 is 1.83 bits per heavy atom. The molecular formula is C18H21F3N4O5. The van der Waals surface area contributed by atoms with Gasteiger partial charge in [-0.25, -0.2) is 14.1 Å². The highest BCUT2D eigenvalue weighted by atomic mass is 19.4. The zero-order valence-corrected chi connectivity index (χ0v) is 16.5. The zero-order chi connectivity index (χ0) is 22.4. The Balaban J connectivity index is 1.95. The van der Waals surface area contributed by atoms with Crippen LogP contribution < -0.4 is 5.56 Å². The number of nitrogens with zero attached hydrogens (tertiary/aromatic N) is 3. The topological polar surface area (TPSA) is 117 Å². The number of aromatic nitrogens is 3. The number of hydrogen-bond donors (Lipinski definition) is 2. The van der Waals surface area contributed by atoms with Gasteiger partial charge in [0.2, 0.25) is 0 Å². The number of carboxylic acid groups (broad SMARTS) is 1. The number of aromatic amines is 1. The maximum absolute atomic E-state index is 13.3. The molecule has 0 aromatic carbocycles. The SMILES string of the molecule is CC(C)(C)OC(=O)N1CCC(c2cc(=O)[nH]c3c(C(=O)O)c(C(F)(F)F)nn23)CC1. The van der Waals surface area contributed by atoms with Crippen molar-refractivity contribution in [3.05, 3.63) is 33.4 Å². The Hall–Kier alpha value is -3.05. The molecule has 3 rings (SSSR count). The quantitative estimate of drug-likeness (QED) is 0.757. The van der Waals surface area contributed by atoms with Crippen molar-refractivity contribution in [3.8, 4) is 0 Å². The number of fused-ring (bicyclic) bond motifs is 1. The van der Waals surface area contributed by atoms with Crippen molar-refractivity contribution in [3.63, 3.8) is 0 Å². The van der Waals surface area contributed by atoms with E-state index in [2.05, 4.69) is 10.1 Å². The van der Waals surface area contributed by atoms with E-state index >= 15 is 0 Å². The monoisotopic (exact) mass is 430 g/mol. The third-order valence-electron chi connectivity index (χ3n) is 4.70. The normalized spacial score (nSPS) is 16.1. The van der Waals surface area contributed by atoms with E-state index in [9.17, 15) is 32.7 Å². The molecule has 0 saturated carbocycles. The number of amides is 1. The number of carbonyl (C=O) groups excluding carboxylic acids is 1. The number of carbonyl (C=O) groups is 2. The predicted octanol–water partition coefficient (Wildman–Crippen LogP) is 2.85. The number of nitrogens with one attached hydrogen (secondary N) is 1. The summed E-state index contributed by atoms with van der Waals surface area (Å²) in [6, 6.07) is 1.11. The van der Waals surface area contributed by atoms with Gasteiger partial charge < -0.3 is 19.7 Å². The smallest absolute Gasteiger partial charge is 0.436 e. The minimum atomic E-state index is -5.01. The Morgan fingerprint density at radius 3 is 2.33 bits per heavy atom. The summed E-state index contributed by atoms with van der Waals surface area (Å²) >= 11 is 0. The van der Waals surface area contributed by atoms with Crippen molar-refractivity contribution < 1.29 is 32.6 Å². The van der Waals surface area contributed by atoms with Crippen LogP contribution in [0.2, 0.25) is 0 Å². The lowest BCUT2D eigenvalue weighted by atomic mass is 9.93. The number of likely N-dealkylation sites (tertiary alicyclic amines) is 1. The van der Waals surface area contributed by atoms with E-state index in [0.717, 1.165) is 10.6 Å². The number of aromatic carboxylic acids is 1. The van der Waals surface area contributed by atoms with Gasteiger partial charge in [0, 0.05) is 25.1 Å². The summed E-state index contributed by atoms with van der Waals surface area (Å²) < 4.78 is 46.1. The summed E-state index contributed by atoms with van der Waals surface area (Å²) in [5.41, 5.74) is -4.44. The molecule has 0 spiro atoms. The van der Waals surface area contributed by atoms with Gasteiger partial charge in [0.15, 0.2) is 11.3 Å². The molecule has 2 aromatic rings. The highest BCUT2D eigenvalue weighted by Crippen LogP contribution is 2.34. The highest BCUT2D eigenvalue weighted by Gasteiger charge is 2.41. The Kier molecular flexibility index (Phi) is 5.29. The largest absolute Gasteiger partial charge is 0.477 e. The fraction of sp³-hybridized carbons (Fsp3) is 0.556. The standard InChI is InChI=1S/C18H21F3N4O5/c1-17(2,3)30-16(29)24-6-4-9(5-7-24)10-8-11(26)22-14-12(15(27)28)13(18(19,20)21)23-25(10)14/h8-9H,4-7H2,1-3H3,(H,22,26)(H,27,28). The molecule has 1 aliphatic heterocycles. The molecular weight excluding hydrogens is 409 g/mol. The van der Waals surface area contributed by atoms with Gasteiger partial charge in [-0.05, 0) is 33.6 Å². The summed E-state index contributed by atoms with van der Waals surface area (Å²) in [6.45, 7) is 5.75. The molecule has 9 nitrogen and oxygen atoms in total. The maximum atomic E-state index is 13.3. The first-order valence-corrected chi connectivity index (χ1v) is 9.22. The molecule has 1 amide bonds. The Bertz CT molecular complexity index is 1040. The van der Waals surface area contributed by atoms with Gasteiger partial charge in [0.1, 0.15) is 11.2 Å². The molecule has 1 fully saturated rings. The van der Waals surface area contributed by atoms with Crippen molar-refractivity contribution in [2.45, 2.75) is 51.3 Å². The lowest BCUT2D eigenvalue weighted by Crippen LogP contribution is -2.41. The molecule has 0 unspecified atom stereocenters. The second-order valence-corrected chi connectivity index (χ2v) is 8.09. The van der Waals surface area contributed by atoms with Crippen LogP contribution in [0.25, 0.3) is 5.65 Å². The molecule has 0 atom stereocenters. The van der Waals surface area contributed by atoms with E-state index in [1.165, 1.54) is 4.90 Å². The van der Waals surface area contributed by atoms with Crippen molar-refractivity contribution in [1.82, 2.24) is 19.5 Å². The first kappa shape index (κ1) is 21.7. The van der Waals surface area contributed by atoms with Crippen LogP contribution in [0.4, 0.5) is 18.0 Å². The molecule has 12 heteroatoms. The third-order valence-corrected chi connectivity index (χ3v) is 4.70. The van der Waals surface area contributed by atoms with Crippen LogP contribution in [0.5, 0.6) is 0 Å². The van der Waals surface area contributed by atoms with Crippen LogP contribution in [0.15, 0.2) is 10.9 Å². The number of carboxylic acids is 1. The van der Waals surface area contributed by atoms with Gasteiger partial charge in [-0.1, -0.05) is 0 Å². The first-order valence-electron chi connectivity index (χ1n) is 9.22. The molecule has 0 aliphatic carbocycles. The van der Waals surface area contributed by atoms with E-state index in [-0.39, 0.29) is 18.8 Å². The third kappa shape index (κ3) is 4.26. The van der Waals surface area contributed by atoms with Crippen LogP contribution >= 0.6 is 0 Å². The van der Waals surface area contributed by atoms with E-state index in [0.29, 0.717) is 12.8 Å². The molecule has 0 bridgehead atoms. The second-order valence-electron chi connectivity index (χ2n) is 8.09. The first-order chi connectivity index (χ1) is 13.8. The lowest BCUT2D eigenvalue weighted by Gasteiger charge is -2.33. The number of ether oxygens (including phenoxy) is 1. The van der Waals surface area contributed by atoms with Crippen LogP contribution in [-0.4, -0.2) is 55.4 Å². The summed E-state index contributed by atoms with van der Waals surface area (Å²) in [6.07, 6.45) is -4.81. The second kappa shape index (κ2) is 7.33. The number of halogens is 3. The Labute approximate surface area is 168 Å². The number of rotatable bonds is 2. The van der Waals surface area contributed by atoms with E-state index in [1.54, 1.807) is 20.8 Å². The van der Waals surface area contributed by atoms with Crippen LogP contribution in [0, 0.1) is 0 Å². The minimum Gasteiger partial charge on any atom is -0.477 e. The van der Waals surface area contributed by atoms with Crippen molar-refractivity contribution in [2.24, 2.45) is 0 Å². The summed E-state index contributed by atoms with van der Waals surface area (Å²) in [5.74, 6) is -2.24. The lowest BCUT2D eigenvalue weighted by molar-refractivity contribution is -0.141. The van der Waals surface area contributed by atoms with Gasteiger partial charge >= 0.3 is 18.2 Å². The number of hydrogen-bond acceptors (Lipinski definition) is 5. The van der Waals surface area contributed by atoms with E-state index < -0.39 is 52.2 Å². The molecule has 1 aliphatic rings. The molecule has 2 aromatic heterocycles. The van der Waals surface area contributed by atoms with E-state index in [1.807, 2.05) is 0 Å². The summed E-state index contributed by atoms with van der Waals surface area (Å²) in [7, 11) is 0. The molecule has 3 heterocycles. The van der Waals surface area contributed by atoms with Gasteiger partial charge in [-0.2, -0.15) is 18.3 Å². The molecule has 164 valence electrons. The van der Waals surface area contributed by atoms with Crippen LogP contribution in [0.3, 0.4) is 0 Å². The van der Waals surface area contributed by atoms with E-state index in [4.69, 9.17) is 4.74 Å². The minimum absolute atomic E-state index is 0.163. The van der Waals surface area contributed by atoms with Gasteiger partial charge in [0.05, 0.1) is 5.69 Å². The van der Waals surface area contributed by atoms with Gasteiger partial charge in [-0.3, -0.25) is 4.79 Å². The molecule has 30 heavy (non-hydrogen) atoms. The molecule has 2 N–H and O–H groups in total. The maximum Gasteiger partial charge on any atom is 0.436 e. The summed E-state index contributed by atoms with van der Waals surface area (Å²) in [4.78, 5) is 39.3. The highest BCUT2D eigenvalue weighted by molar-refractivity contribution is 5.96. The number of H-pyrrole nitrogens is 1. The average molecular weight is 430 g/mol. The van der Waals surface area contributed by atoms with Crippen LogP contribution in [0.1, 0.15) is 61.3 Å². The zero-order valence-electron chi connectivity index (χ0n) is 16.5. The Morgan fingerprint density at radius 1 is 1.23 bits per heavy atom.